The average molecular weight is 1520 g/mol. The molecular weight excluding hydrogens is 1380 g/mol. The highest BCUT2D eigenvalue weighted by atomic mass is 16.4. The van der Waals surface area contributed by atoms with Crippen molar-refractivity contribution in [1.29, 1.82) is 0 Å². The zero-order chi connectivity index (χ0) is 81.6. The van der Waals surface area contributed by atoms with Gasteiger partial charge in [0.15, 0.2) is 23.8 Å². The molecule has 0 saturated carbocycles. The Hall–Kier alpha value is -9.58. The van der Waals surface area contributed by atoms with Gasteiger partial charge in [0.25, 0.3) is 0 Å². The smallest absolute Gasteiger partial charge is 0.326 e. The Morgan fingerprint density at radius 1 is 0.264 bits per heavy atom. The van der Waals surface area contributed by atoms with Crippen molar-refractivity contribution in [3.8, 4) is 0 Å². The number of nitrogens with two attached hydrogens (primary N) is 9. The van der Waals surface area contributed by atoms with Gasteiger partial charge in [-0.3, -0.25) is 43.9 Å². The highest BCUT2D eigenvalue weighted by Gasteiger charge is 2.24. The molecule has 0 aliphatic rings. The van der Waals surface area contributed by atoms with Crippen molar-refractivity contribution < 1.29 is 92.7 Å². The van der Waals surface area contributed by atoms with Gasteiger partial charge >= 0.3 is 29.8 Å². The second kappa shape index (κ2) is 71.1. The lowest BCUT2D eigenvalue weighted by atomic mass is 10.1. The number of Topliss-reactive ketones (excluding diaryl/α,β-unsaturated/α-hetero) is 4. The summed E-state index contributed by atoms with van der Waals surface area (Å²) in [6.45, 7) is 9.99. The van der Waals surface area contributed by atoms with Crippen molar-refractivity contribution in [2.75, 3.05) is 32.7 Å². The molecule has 5 amide bonds. The van der Waals surface area contributed by atoms with E-state index in [-0.39, 0.29) is 109 Å². The number of aliphatic carboxylic acids is 5. The van der Waals surface area contributed by atoms with Crippen LogP contribution >= 0.6 is 0 Å². The summed E-state index contributed by atoms with van der Waals surface area (Å²) < 4.78 is 0. The number of aliphatic imine (C=N–C) groups is 4. The van der Waals surface area contributed by atoms with Gasteiger partial charge in [-0.2, -0.15) is 0 Å². The molecule has 0 aromatic rings. The van der Waals surface area contributed by atoms with E-state index < -0.39 is 66.0 Å². The number of carbonyl (C=O) groups is 14. The van der Waals surface area contributed by atoms with Crippen LogP contribution in [0.1, 0.15) is 266 Å². The van der Waals surface area contributed by atoms with Crippen LogP contribution in [-0.4, -0.2) is 195 Å². The minimum atomic E-state index is -1.12. The maximum atomic E-state index is 11.8. The summed E-state index contributed by atoms with van der Waals surface area (Å²) in [4.78, 5) is 171. The van der Waals surface area contributed by atoms with E-state index in [2.05, 4.69) is 53.5 Å². The van der Waals surface area contributed by atoms with Crippen molar-refractivity contribution in [2.24, 2.45) is 71.6 Å². The quantitative estimate of drug-likeness (QED) is 0.0236. The molecule has 0 aliphatic carbocycles. The van der Waals surface area contributed by atoms with Gasteiger partial charge in [0, 0.05) is 84.0 Å². The molecule has 5 unspecified atom stereocenters. The summed E-state index contributed by atoms with van der Waals surface area (Å²) >= 11 is 0. The number of hydrogen-bond acceptors (Lipinski definition) is 19. The Balaban J connectivity index is -0.000000402. The highest BCUT2D eigenvalue weighted by molar-refractivity contribution is 5.88. The van der Waals surface area contributed by atoms with Crippen molar-refractivity contribution in [1.82, 2.24) is 26.6 Å². The van der Waals surface area contributed by atoms with E-state index in [0.29, 0.717) is 129 Å². The number of rotatable bonds is 59. The molecule has 0 rings (SSSR count). The second-order valence-corrected chi connectivity index (χ2v) is 25.2. The number of carboxylic acids is 5. The van der Waals surface area contributed by atoms with Crippen LogP contribution in [0.3, 0.4) is 0 Å². The lowest BCUT2D eigenvalue weighted by Gasteiger charge is -2.14. The van der Waals surface area contributed by atoms with Gasteiger partial charge in [-0.25, -0.2) is 24.0 Å². The minimum Gasteiger partial charge on any atom is -0.480 e. The fourth-order valence-electron chi connectivity index (χ4n) is 9.17. The molecule has 37 heteroatoms. The number of hydrogen-bond donors (Lipinski definition) is 19. The van der Waals surface area contributed by atoms with Crippen LogP contribution in [0.5, 0.6) is 0 Å². The molecule has 0 aliphatic heterocycles. The number of nitrogens with zero attached hydrogens (tertiary/aromatic N) is 4. The standard InChI is InChI=1S/C17H32N4O4.C15H28N2O4.C13H24N4O4.C13H26N4O3.C11H20N4O4/c1-13(22)9-6-4-2-3-5-7-11-15(23)21-14(16(24)25)10-8-12-20-17(18)19;1-12(18)8-4-2-3-5-10-14(19)17-13(15(20)21)9-6-7-11-16;1-9(18)5-2-3-7-11(19)17-10(12(20)21)6-4-8-16-13(14)15;1-2-3-4-5-8-11(18)17-10(12(19)20)7-6-9-16-13(14)15;1-7(16)4-5-9(17)15-8(10(18)19)3-2-6-14-11(12)13/h14H,2-12H2,1H3,(H,21,23)(H,24,25)(H4,18,19,20);13H,2-11,16H2,1H3,(H,17,19)(H,20,21);10H,2-8H2,1H3,(H,17,19)(H,20,21)(H4,14,15,16);10H,2-9H2,1H3,(H,17,18)(H,19,20)(H4,14,15,16);8H,2-6H2,1H3,(H,15,17)(H,18,19)(H4,12,13,14). The summed E-state index contributed by atoms with van der Waals surface area (Å²) in [5.41, 5.74) is 46.7. The molecule has 0 radical (unpaired) electrons. The Labute approximate surface area is 623 Å². The van der Waals surface area contributed by atoms with Gasteiger partial charge in [0.1, 0.15) is 53.3 Å². The van der Waals surface area contributed by atoms with Crippen molar-refractivity contribution in [3.63, 3.8) is 0 Å². The Morgan fingerprint density at radius 3 is 0.679 bits per heavy atom. The first-order valence-electron chi connectivity index (χ1n) is 36.4. The lowest BCUT2D eigenvalue weighted by Crippen LogP contribution is -2.40. The Kier molecular flexibility index (Phi) is 70.4. The van der Waals surface area contributed by atoms with Gasteiger partial charge in [-0.1, -0.05) is 64.7 Å². The van der Waals surface area contributed by atoms with Crippen LogP contribution in [-0.2, 0) is 67.1 Å². The first-order chi connectivity index (χ1) is 49.9. The molecule has 610 valence electrons. The number of nitrogens with one attached hydrogen (secondary N) is 5. The predicted molar refractivity (Wildman–Crippen MR) is 404 cm³/mol. The molecule has 106 heavy (non-hydrogen) atoms. The monoisotopic (exact) mass is 1510 g/mol. The van der Waals surface area contributed by atoms with Gasteiger partial charge in [0.2, 0.25) is 29.5 Å². The summed E-state index contributed by atoms with van der Waals surface area (Å²) in [5.74, 6) is -6.52. The molecule has 0 aromatic carbocycles. The summed E-state index contributed by atoms with van der Waals surface area (Å²) in [6.07, 6.45) is 22.1. The van der Waals surface area contributed by atoms with Crippen LogP contribution < -0.4 is 78.2 Å². The van der Waals surface area contributed by atoms with Crippen molar-refractivity contribution in [2.45, 2.75) is 296 Å². The normalized spacial score (nSPS) is 11.6. The van der Waals surface area contributed by atoms with E-state index in [9.17, 15) is 67.1 Å². The third-order valence-corrected chi connectivity index (χ3v) is 14.9. The van der Waals surface area contributed by atoms with Crippen LogP contribution in [0.25, 0.3) is 0 Å². The SMILES string of the molecule is CC(=O)CCC(=O)NC(CCCN=C(N)N)C(=O)O.CC(=O)CCCCC(=O)NC(CCCN=C(N)N)C(=O)O.CC(=O)CCCCCCC(=O)NC(CCCCN)C(=O)O.CC(=O)CCCCCCCCC(=O)NC(CCCN=C(N)N)C(=O)O.CCCCCCC(=O)NC(CCCN=C(N)N)C(=O)O. The number of ketones is 4. The highest BCUT2D eigenvalue weighted by Crippen LogP contribution is 2.12. The molecule has 0 fully saturated rings. The number of amides is 5. The van der Waals surface area contributed by atoms with Crippen LogP contribution in [0, 0.1) is 0 Å². The minimum absolute atomic E-state index is 0.00693. The molecule has 0 spiro atoms. The van der Waals surface area contributed by atoms with Crippen LogP contribution in [0.2, 0.25) is 0 Å². The zero-order valence-corrected chi connectivity index (χ0v) is 63.3. The molecule has 5 atom stereocenters. The topological polar surface area (TPSA) is 684 Å². The van der Waals surface area contributed by atoms with Gasteiger partial charge < -0.3 is 123 Å². The first kappa shape index (κ1) is 105. The van der Waals surface area contributed by atoms with Gasteiger partial charge in [-0.15, -0.1) is 0 Å². The molecule has 28 N–H and O–H groups in total. The fraction of sp³-hybridized carbons (Fsp3) is 0.739. The number of guanidine groups is 4. The molecule has 0 bridgehead atoms. The summed E-state index contributed by atoms with van der Waals surface area (Å²) in [5, 5.41) is 57.6. The van der Waals surface area contributed by atoms with Crippen LogP contribution in [0.4, 0.5) is 0 Å². The maximum Gasteiger partial charge on any atom is 0.326 e. The first-order valence-corrected chi connectivity index (χ1v) is 36.4. The average Bonchev–Trinajstić information content (AvgIpc) is 0.991. The fourth-order valence-corrected chi connectivity index (χ4v) is 9.17. The van der Waals surface area contributed by atoms with E-state index in [4.69, 9.17) is 77.1 Å². The predicted octanol–water partition coefficient (Wildman–Crippen LogP) is 2.25. The molecule has 0 heterocycles. The van der Waals surface area contributed by atoms with Crippen molar-refractivity contribution in [3.05, 3.63) is 0 Å². The number of unbranched alkanes of at least 4 members (excludes halogenated alkanes) is 13. The van der Waals surface area contributed by atoms with Gasteiger partial charge in [-0.05, 0) is 150 Å². The maximum absolute atomic E-state index is 11.8. The molecule has 37 nitrogen and oxygen atoms in total. The van der Waals surface area contributed by atoms with E-state index in [1.54, 1.807) is 13.8 Å². The van der Waals surface area contributed by atoms with Gasteiger partial charge in [0.05, 0.1) is 0 Å². The third-order valence-electron chi connectivity index (χ3n) is 14.9. The van der Waals surface area contributed by atoms with E-state index >= 15 is 0 Å². The lowest BCUT2D eigenvalue weighted by molar-refractivity contribution is -0.142. The van der Waals surface area contributed by atoms with Crippen LogP contribution in [0.15, 0.2) is 20.0 Å². The zero-order valence-electron chi connectivity index (χ0n) is 63.3. The summed E-state index contributed by atoms with van der Waals surface area (Å²) in [6, 6.07) is -4.54. The van der Waals surface area contributed by atoms with E-state index in [1.165, 1.54) is 13.8 Å². The molecule has 0 saturated heterocycles. The molecular formula is C69H130N18O19. The Morgan fingerprint density at radius 2 is 0.462 bits per heavy atom. The number of carboxylic acid groups (broad SMARTS) is 5. The van der Waals surface area contributed by atoms with Crippen molar-refractivity contribution >= 4 is 106 Å². The third kappa shape index (κ3) is 80.1. The van der Waals surface area contributed by atoms with E-state index in [0.717, 1.165) is 96.3 Å². The van der Waals surface area contributed by atoms with E-state index in [1.807, 2.05) is 0 Å². The second-order valence-electron chi connectivity index (χ2n) is 25.2. The Bertz CT molecular complexity index is 2680. The number of carbonyl (C=O) groups excluding carboxylic acids is 9. The largest absolute Gasteiger partial charge is 0.480 e. The summed E-state index contributed by atoms with van der Waals surface area (Å²) in [7, 11) is 0. The molecule has 0 aromatic heterocycles.